The maximum absolute atomic E-state index is 10.4. The Labute approximate surface area is 60.5 Å². The van der Waals surface area contributed by atoms with Crippen LogP contribution in [0.1, 0.15) is 13.3 Å². The molecule has 0 aliphatic rings. The smallest absolute Gasteiger partial charge is 0.308 e. The summed E-state index contributed by atoms with van der Waals surface area (Å²) in [7, 11) is 0. The Kier molecular flexibility index (Phi) is 3.72. The predicted octanol–water partition coefficient (Wildman–Crippen LogP) is 0.611. The molecule has 0 saturated heterocycles. The molecule has 0 heterocycles. The molecule has 3 heteroatoms. The van der Waals surface area contributed by atoms with Crippen molar-refractivity contribution in [3.8, 4) is 0 Å². The van der Waals surface area contributed by atoms with Crippen LogP contribution < -0.4 is 5.73 Å². The van der Waals surface area contributed by atoms with Crippen molar-refractivity contribution in [1.82, 2.24) is 0 Å². The molecule has 58 valence electrons. The van der Waals surface area contributed by atoms with Crippen LogP contribution >= 0.6 is 0 Å². The highest BCUT2D eigenvalue weighted by Gasteiger charge is 2.19. The van der Waals surface area contributed by atoms with Crippen molar-refractivity contribution in [3.05, 3.63) is 12.7 Å². The zero-order valence-corrected chi connectivity index (χ0v) is 6.08. The average Bonchev–Trinajstić information content (AvgIpc) is 1.88. The predicted molar refractivity (Wildman–Crippen MR) is 39.6 cm³/mol. The van der Waals surface area contributed by atoms with Crippen molar-refractivity contribution in [1.29, 1.82) is 0 Å². The van der Waals surface area contributed by atoms with E-state index in [0.717, 1.165) is 0 Å². The Morgan fingerprint density at radius 3 is 2.50 bits per heavy atom. The Balaban J connectivity index is 4.05. The molecule has 2 atom stereocenters. The number of carboxylic acids is 1. The van der Waals surface area contributed by atoms with E-state index in [2.05, 4.69) is 6.58 Å². The summed E-state index contributed by atoms with van der Waals surface area (Å²) in [5, 5.41) is 8.55. The van der Waals surface area contributed by atoms with Gasteiger partial charge in [0, 0.05) is 6.04 Å². The molecule has 0 rings (SSSR count). The van der Waals surface area contributed by atoms with Gasteiger partial charge in [0.05, 0.1) is 5.92 Å². The molecule has 0 spiro atoms. The van der Waals surface area contributed by atoms with E-state index in [1.54, 1.807) is 6.92 Å². The van der Waals surface area contributed by atoms with Gasteiger partial charge >= 0.3 is 5.97 Å². The standard InChI is InChI=1S/C7H13NO2/c1-3-5(7(9)10)6(8)4-2/h4-6H,2-3,8H2,1H3,(H,9,10)/t5?,6-/m0/s1. The largest absolute Gasteiger partial charge is 0.481 e. The number of carbonyl (C=O) groups is 1. The van der Waals surface area contributed by atoms with Gasteiger partial charge in [-0.2, -0.15) is 0 Å². The summed E-state index contributed by atoms with van der Waals surface area (Å²) < 4.78 is 0. The van der Waals surface area contributed by atoms with Crippen molar-refractivity contribution in [2.45, 2.75) is 19.4 Å². The lowest BCUT2D eigenvalue weighted by Gasteiger charge is -2.13. The van der Waals surface area contributed by atoms with Crippen LogP contribution in [0, 0.1) is 5.92 Å². The lowest BCUT2D eigenvalue weighted by atomic mass is 9.98. The molecular weight excluding hydrogens is 130 g/mol. The fourth-order valence-electron chi connectivity index (χ4n) is 0.776. The molecule has 0 aliphatic carbocycles. The maximum atomic E-state index is 10.4. The van der Waals surface area contributed by atoms with Crippen LogP contribution in [0.15, 0.2) is 12.7 Å². The second kappa shape index (κ2) is 4.06. The van der Waals surface area contributed by atoms with Crippen LogP contribution in [-0.4, -0.2) is 17.1 Å². The minimum atomic E-state index is -0.852. The molecule has 10 heavy (non-hydrogen) atoms. The number of hydrogen-bond donors (Lipinski definition) is 2. The zero-order valence-electron chi connectivity index (χ0n) is 6.08. The monoisotopic (exact) mass is 143 g/mol. The molecule has 0 aliphatic heterocycles. The van der Waals surface area contributed by atoms with Crippen LogP contribution in [0.5, 0.6) is 0 Å². The third kappa shape index (κ3) is 2.19. The highest BCUT2D eigenvalue weighted by molar-refractivity contribution is 5.71. The highest BCUT2D eigenvalue weighted by Crippen LogP contribution is 2.06. The molecular formula is C7H13NO2. The van der Waals surface area contributed by atoms with Crippen molar-refractivity contribution in [2.75, 3.05) is 0 Å². The van der Waals surface area contributed by atoms with Gasteiger partial charge in [0.15, 0.2) is 0 Å². The Morgan fingerprint density at radius 2 is 2.40 bits per heavy atom. The Hall–Kier alpha value is -0.830. The van der Waals surface area contributed by atoms with Gasteiger partial charge < -0.3 is 10.8 Å². The van der Waals surface area contributed by atoms with Crippen LogP contribution in [-0.2, 0) is 4.79 Å². The lowest BCUT2D eigenvalue weighted by molar-refractivity contribution is -0.142. The maximum Gasteiger partial charge on any atom is 0.308 e. The molecule has 1 unspecified atom stereocenters. The SMILES string of the molecule is C=C[C@H](N)C(CC)C(=O)O. The minimum absolute atomic E-state index is 0.428. The minimum Gasteiger partial charge on any atom is -0.481 e. The number of hydrogen-bond acceptors (Lipinski definition) is 2. The number of nitrogens with two attached hydrogens (primary N) is 1. The van der Waals surface area contributed by atoms with Crippen molar-refractivity contribution in [3.63, 3.8) is 0 Å². The first-order valence-corrected chi connectivity index (χ1v) is 3.24. The topological polar surface area (TPSA) is 63.3 Å². The van der Waals surface area contributed by atoms with Crippen LogP contribution in [0.3, 0.4) is 0 Å². The fourth-order valence-corrected chi connectivity index (χ4v) is 0.776. The molecule has 0 radical (unpaired) electrons. The quantitative estimate of drug-likeness (QED) is 0.567. The molecule has 3 N–H and O–H groups in total. The van der Waals surface area contributed by atoms with Crippen LogP contribution in [0.25, 0.3) is 0 Å². The van der Waals surface area contributed by atoms with Gasteiger partial charge in [0.25, 0.3) is 0 Å². The van der Waals surface area contributed by atoms with Crippen LogP contribution in [0.2, 0.25) is 0 Å². The lowest BCUT2D eigenvalue weighted by Crippen LogP contribution is -2.33. The summed E-state index contributed by atoms with van der Waals surface area (Å²) >= 11 is 0. The zero-order chi connectivity index (χ0) is 8.15. The van der Waals surface area contributed by atoms with E-state index in [1.165, 1.54) is 6.08 Å². The number of carboxylic acid groups (broad SMARTS) is 1. The van der Waals surface area contributed by atoms with Gasteiger partial charge in [0.1, 0.15) is 0 Å². The normalized spacial score (nSPS) is 15.8. The van der Waals surface area contributed by atoms with Gasteiger partial charge in [-0.15, -0.1) is 6.58 Å². The average molecular weight is 143 g/mol. The summed E-state index contributed by atoms with van der Waals surface area (Å²) in [6.45, 7) is 5.22. The molecule has 0 aromatic rings. The van der Waals surface area contributed by atoms with E-state index < -0.39 is 17.9 Å². The summed E-state index contributed by atoms with van der Waals surface area (Å²) in [6.07, 6.45) is 2.00. The Bertz CT molecular complexity index is 134. The molecule has 3 nitrogen and oxygen atoms in total. The summed E-state index contributed by atoms with van der Waals surface area (Å²) in [4.78, 5) is 10.4. The summed E-state index contributed by atoms with van der Waals surface area (Å²) in [6, 6.07) is -0.428. The highest BCUT2D eigenvalue weighted by atomic mass is 16.4. The summed E-state index contributed by atoms with van der Waals surface area (Å²) in [5.74, 6) is -1.34. The molecule has 0 fully saturated rings. The van der Waals surface area contributed by atoms with E-state index in [1.807, 2.05) is 0 Å². The van der Waals surface area contributed by atoms with Gasteiger partial charge in [-0.3, -0.25) is 4.79 Å². The summed E-state index contributed by atoms with van der Waals surface area (Å²) in [5.41, 5.74) is 5.43. The molecule has 0 saturated carbocycles. The van der Waals surface area contributed by atoms with E-state index in [0.29, 0.717) is 6.42 Å². The van der Waals surface area contributed by atoms with Gasteiger partial charge in [-0.25, -0.2) is 0 Å². The van der Waals surface area contributed by atoms with Gasteiger partial charge in [0.2, 0.25) is 0 Å². The first kappa shape index (κ1) is 9.17. The number of aliphatic carboxylic acids is 1. The van der Waals surface area contributed by atoms with E-state index in [9.17, 15) is 4.79 Å². The third-order valence-corrected chi connectivity index (χ3v) is 1.49. The van der Waals surface area contributed by atoms with E-state index >= 15 is 0 Å². The van der Waals surface area contributed by atoms with Gasteiger partial charge in [-0.1, -0.05) is 13.0 Å². The third-order valence-electron chi connectivity index (χ3n) is 1.49. The number of rotatable bonds is 4. The van der Waals surface area contributed by atoms with Crippen molar-refractivity contribution in [2.24, 2.45) is 11.7 Å². The Morgan fingerprint density at radius 1 is 1.90 bits per heavy atom. The van der Waals surface area contributed by atoms with Gasteiger partial charge in [-0.05, 0) is 6.42 Å². The molecule has 0 amide bonds. The van der Waals surface area contributed by atoms with Crippen LogP contribution in [0.4, 0.5) is 0 Å². The van der Waals surface area contributed by atoms with E-state index in [-0.39, 0.29) is 0 Å². The van der Waals surface area contributed by atoms with Crippen molar-refractivity contribution >= 4 is 5.97 Å². The molecule has 0 aromatic heterocycles. The fraction of sp³-hybridized carbons (Fsp3) is 0.571. The second-order valence-electron chi connectivity index (χ2n) is 2.17. The molecule has 0 aromatic carbocycles. The van der Waals surface area contributed by atoms with Crippen molar-refractivity contribution < 1.29 is 9.90 Å². The first-order valence-electron chi connectivity index (χ1n) is 3.24. The first-order chi connectivity index (χ1) is 4.63. The second-order valence-corrected chi connectivity index (χ2v) is 2.17. The van der Waals surface area contributed by atoms with E-state index in [4.69, 9.17) is 10.8 Å². The molecule has 0 bridgehead atoms.